The average Bonchev–Trinajstić information content (AvgIpc) is 2.27. The van der Waals surface area contributed by atoms with E-state index in [1.165, 1.54) is 34.2 Å². The summed E-state index contributed by atoms with van der Waals surface area (Å²) in [6.07, 6.45) is 1.47. The van der Waals surface area contributed by atoms with Crippen LogP contribution in [0.2, 0.25) is 0 Å². The van der Waals surface area contributed by atoms with E-state index in [4.69, 9.17) is 0 Å². The Hall–Kier alpha value is 0.523. The smallest absolute Gasteiger partial charge is 0.0108 e. The van der Waals surface area contributed by atoms with Crippen molar-refractivity contribution in [1.82, 2.24) is 0 Å². The van der Waals surface area contributed by atoms with Crippen LogP contribution in [0.4, 0.5) is 0 Å². The summed E-state index contributed by atoms with van der Waals surface area (Å²) < 4.78 is 0. The van der Waals surface area contributed by atoms with E-state index < -0.39 is 0 Å². The third kappa shape index (κ3) is 3.29. The molecule has 2 heteroatoms. The van der Waals surface area contributed by atoms with E-state index in [-0.39, 0.29) is 26.2 Å². The number of rotatable bonds is 0. The summed E-state index contributed by atoms with van der Waals surface area (Å²) in [7, 11) is 0. The van der Waals surface area contributed by atoms with E-state index in [1.807, 2.05) is 0 Å². The Balaban J connectivity index is 0. The van der Waals surface area contributed by atoms with Gasteiger partial charge in [0.25, 0.3) is 0 Å². The Bertz CT molecular complexity index is 181. The molecule has 0 fully saturated rings. The van der Waals surface area contributed by atoms with Gasteiger partial charge in [0.15, 0.2) is 0 Å². The average molecular weight is 277 g/mol. The van der Waals surface area contributed by atoms with Crippen LogP contribution in [0.3, 0.4) is 0 Å². The minimum Gasteiger partial charge on any atom is -0.196 e. The maximum absolute atomic E-state index is 4.64. The van der Waals surface area contributed by atoms with Crippen molar-refractivity contribution in [3.8, 4) is 0 Å². The molecule has 0 radical (unpaired) electrons. The first kappa shape index (κ1) is 16.0. The monoisotopic (exact) mass is 275 g/mol. The van der Waals surface area contributed by atoms with Crippen LogP contribution in [-0.2, 0) is 26.2 Å². The molecule has 0 nitrogen and oxygen atoms in total. The van der Waals surface area contributed by atoms with E-state index in [9.17, 15) is 0 Å². The topological polar surface area (TPSA) is 0 Å². The molecular formula is C11H18ClZr-. The molecule has 0 saturated heterocycles. The van der Waals surface area contributed by atoms with E-state index in [0.717, 1.165) is 0 Å². The summed E-state index contributed by atoms with van der Waals surface area (Å²) >= 11 is 4.64. The first-order valence-electron chi connectivity index (χ1n) is 4.13. The van der Waals surface area contributed by atoms with Gasteiger partial charge in [0.05, 0.1) is 0 Å². The molecule has 0 spiro atoms. The molecule has 0 aliphatic heterocycles. The fourth-order valence-corrected chi connectivity index (χ4v) is 1.41. The first-order valence-corrected chi connectivity index (χ1v) is 4.88. The maximum Gasteiger partial charge on any atom is 0.0108 e. The van der Waals surface area contributed by atoms with Crippen molar-refractivity contribution in [2.75, 3.05) is 6.38 Å². The van der Waals surface area contributed by atoms with Gasteiger partial charge in [-0.05, 0) is 0 Å². The predicted molar refractivity (Wildman–Crippen MR) is 57.5 cm³/mol. The van der Waals surface area contributed by atoms with Gasteiger partial charge in [0.1, 0.15) is 0 Å². The molecule has 0 bridgehead atoms. The summed E-state index contributed by atoms with van der Waals surface area (Å²) in [5.41, 5.74) is 7.34. The number of hydrogen-bond acceptors (Lipinski definition) is 0. The number of alkyl halides is 1. The van der Waals surface area contributed by atoms with Crippen LogP contribution in [0.15, 0.2) is 0 Å². The molecule has 0 aliphatic carbocycles. The van der Waals surface area contributed by atoms with E-state index in [0.29, 0.717) is 0 Å². The van der Waals surface area contributed by atoms with Crippen LogP contribution in [0.25, 0.3) is 0 Å². The fourth-order valence-electron chi connectivity index (χ4n) is 1.41. The molecular weight excluding hydrogens is 259 g/mol. The quantitative estimate of drug-likeness (QED) is 0.499. The standard InChI is InChI=1S/C10H15.CH3Cl.Zr/c1-6-7(2)9(4)10(5)8(6)3;1-2;/h1-5H3;1H3;/q-1;;. The minimum atomic E-state index is 0. The van der Waals surface area contributed by atoms with Gasteiger partial charge in [0.2, 0.25) is 0 Å². The van der Waals surface area contributed by atoms with Crippen LogP contribution in [-0.4, -0.2) is 6.38 Å². The van der Waals surface area contributed by atoms with Crippen molar-refractivity contribution in [2.45, 2.75) is 34.6 Å². The van der Waals surface area contributed by atoms with Gasteiger partial charge in [-0.25, -0.2) is 0 Å². The molecule has 0 unspecified atom stereocenters. The summed E-state index contributed by atoms with van der Waals surface area (Å²) in [6.45, 7) is 11.0. The fraction of sp³-hybridized carbons (Fsp3) is 0.545. The zero-order chi connectivity index (χ0) is 9.89. The third-order valence-electron chi connectivity index (χ3n) is 2.81. The van der Waals surface area contributed by atoms with Crippen molar-refractivity contribution < 1.29 is 26.2 Å². The SMILES string of the molecule is CCl.Cc1c(C)c(C)[c-](C)c1C.[Zr]. The van der Waals surface area contributed by atoms with Crippen LogP contribution in [0.5, 0.6) is 0 Å². The zero-order valence-electron chi connectivity index (χ0n) is 9.38. The Morgan fingerprint density at radius 2 is 1.08 bits per heavy atom. The summed E-state index contributed by atoms with van der Waals surface area (Å²) in [6, 6.07) is 0. The second-order valence-electron chi connectivity index (χ2n) is 3.12. The number of halogens is 1. The molecule has 0 aliphatic rings. The third-order valence-corrected chi connectivity index (χ3v) is 2.81. The van der Waals surface area contributed by atoms with Crippen LogP contribution in [0, 0.1) is 34.6 Å². The molecule has 0 atom stereocenters. The van der Waals surface area contributed by atoms with Gasteiger partial charge in [-0.1, -0.05) is 34.6 Å². The Kier molecular flexibility index (Phi) is 8.48. The summed E-state index contributed by atoms with van der Waals surface area (Å²) in [4.78, 5) is 0. The molecule has 1 aromatic rings. The van der Waals surface area contributed by atoms with E-state index >= 15 is 0 Å². The molecule has 0 N–H and O–H groups in total. The second-order valence-corrected chi connectivity index (χ2v) is 3.12. The van der Waals surface area contributed by atoms with Crippen molar-refractivity contribution in [3.63, 3.8) is 0 Å². The van der Waals surface area contributed by atoms with Crippen molar-refractivity contribution >= 4 is 11.6 Å². The van der Waals surface area contributed by atoms with Crippen molar-refractivity contribution in [1.29, 1.82) is 0 Å². The molecule has 0 amide bonds. The zero-order valence-corrected chi connectivity index (χ0v) is 12.6. The van der Waals surface area contributed by atoms with Gasteiger partial charge >= 0.3 is 0 Å². The van der Waals surface area contributed by atoms with E-state index in [1.54, 1.807) is 0 Å². The molecule has 1 rings (SSSR count). The predicted octanol–water partition coefficient (Wildman–Crippen LogP) is 3.80. The number of hydrogen-bond donors (Lipinski definition) is 0. The van der Waals surface area contributed by atoms with Gasteiger partial charge in [-0.2, -0.15) is 27.8 Å². The Labute approximate surface area is 106 Å². The van der Waals surface area contributed by atoms with Crippen molar-refractivity contribution in [2.24, 2.45) is 0 Å². The molecule has 0 aromatic heterocycles. The molecule has 13 heavy (non-hydrogen) atoms. The van der Waals surface area contributed by atoms with Gasteiger partial charge < -0.3 is 0 Å². The molecule has 0 heterocycles. The van der Waals surface area contributed by atoms with Crippen molar-refractivity contribution in [3.05, 3.63) is 27.8 Å². The molecule has 74 valence electrons. The summed E-state index contributed by atoms with van der Waals surface area (Å²) in [5.74, 6) is 0. The van der Waals surface area contributed by atoms with Crippen LogP contribution < -0.4 is 0 Å². The van der Waals surface area contributed by atoms with Gasteiger partial charge in [-0.3, -0.25) is 0 Å². The van der Waals surface area contributed by atoms with Crippen LogP contribution in [0.1, 0.15) is 27.8 Å². The van der Waals surface area contributed by atoms with Gasteiger partial charge in [-0.15, -0.1) is 11.6 Å². The Morgan fingerprint density at radius 3 is 1.15 bits per heavy atom. The normalized spacial score (nSPS) is 8.54. The second kappa shape index (κ2) is 6.90. The first-order chi connectivity index (χ1) is 5.55. The van der Waals surface area contributed by atoms with Crippen LogP contribution >= 0.6 is 11.6 Å². The molecule has 1 aromatic carbocycles. The van der Waals surface area contributed by atoms with E-state index in [2.05, 4.69) is 46.2 Å². The summed E-state index contributed by atoms with van der Waals surface area (Å²) in [5, 5.41) is 0. The maximum atomic E-state index is 4.64. The minimum absolute atomic E-state index is 0. The Morgan fingerprint density at radius 1 is 0.846 bits per heavy atom. The largest absolute Gasteiger partial charge is 0.196 e. The van der Waals surface area contributed by atoms with Gasteiger partial charge in [0, 0.05) is 32.6 Å². The molecule has 0 saturated carbocycles.